The minimum absolute atomic E-state index is 0.322. The fraction of sp³-hybridized carbons (Fsp3) is 0.167. The third-order valence-electron chi connectivity index (χ3n) is 6.69. The molecule has 206 valence electrons. The van der Waals surface area contributed by atoms with Crippen molar-refractivity contribution >= 4 is 5.97 Å². The average molecular weight is 544 g/mol. The molecule has 0 unspecified atom stereocenters. The lowest BCUT2D eigenvalue weighted by Crippen LogP contribution is -2.17. The van der Waals surface area contributed by atoms with Gasteiger partial charge in [0.25, 0.3) is 0 Å². The van der Waals surface area contributed by atoms with Crippen molar-refractivity contribution < 1.29 is 19.0 Å². The minimum atomic E-state index is -0.459. The molecular formula is C36H33NO4. The number of hydrogen-bond donors (Lipinski definition) is 0. The molecule has 41 heavy (non-hydrogen) atoms. The van der Waals surface area contributed by atoms with E-state index >= 15 is 0 Å². The maximum atomic E-state index is 13.7. The molecule has 0 saturated heterocycles. The van der Waals surface area contributed by atoms with Crippen molar-refractivity contribution in [3.05, 3.63) is 149 Å². The van der Waals surface area contributed by atoms with E-state index in [1.54, 1.807) is 12.1 Å². The Balaban J connectivity index is 1.51. The van der Waals surface area contributed by atoms with E-state index in [1.165, 1.54) is 0 Å². The molecule has 1 aromatic heterocycles. The van der Waals surface area contributed by atoms with E-state index in [1.807, 2.05) is 110 Å². The Labute approximate surface area is 241 Å². The van der Waals surface area contributed by atoms with Crippen LogP contribution in [-0.4, -0.2) is 11.0 Å². The van der Waals surface area contributed by atoms with Crippen LogP contribution in [0.5, 0.6) is 23.0 Å². The van der Waals surface area contributed by atoms with Crippen LogP contribution >= 0.6 is 0 Å². The van der Waals surface area contributed by atoms with Gasteiger partial charge in [0.1, 0.15) is 29.4 Å². The van der Waals surface area contributed by atoms with Gasteiger partial charge in [-0.2, -0.15) is 0 Å². The van der Waals surface area contributed by atoms with Crippen molar-refractivity contribution in [2.45, 2.75) is 39.7 Å². The molecule has 0 aliphatic heterocycles. The summed E-state index contributed by atoms with van der Waals surface area (Å²) in [6.07, 6.45) is 2.05. The van der Waals surface area contributed by atoms with Gasteiger partial charge in [0, 0.05) is 12.1 Å². The summed E-state index contributed by atoms with van der Waals surface area (Å²) in [5, 5.41) is 0. The van der Waals surface area contributed by atoms with Crippen molar-refractivity contribution in [1.82, 2.24) is 4.98 Å². The summed E-state index contributed by atoms with van der Waals surface area (Å²) in [6, 6.07) is 36.7. The zero-order chi connectivity index (χ0) is 28.4. The number of carbonyl (C=O) groups is 1. The highest BCUT2D eigenvalue weighted by Gasteiger charge is 2.25. The van der Waals surface area contributed by atoms with Crippen LogP contribution in [0.25, 0.3) is 0 Å². The standard InChI is InChI=1S/C36H33NO4/c1-3-14-32-35(39-25-27-15-7-4-8-16-27)34(36(38)41-30-20-11-6-12-21-30)26(2)33(37-32)24-28-17-13-22-31(23-28)40-29-18-9-5-10-19-29/h4-13,15-23H,3,14,24-25H2,1-2H3. The number of carbonyl (C=O) groups excluding carboxylic acids is 1. The van der Waals surface area contributed by atoms with Crippen LogP contribution in [0, 0.1) is 6.92 Å². The predicted octanol–water partition coefficient (Wildman–Crippen LogP) is 8.52. The smallest absolute Gasteiger partial charge is 0.347 e. The van der Waals surface area contributed by atoms with Crippen LogP contribution in [-0.2, 0) is 19.4 Å². The largest absolute Gasteiger partial charge is 0.486 e. The van der Waals surface area contributed by atoms with E-state index in [0.717, 1.165) is 46.0 Å². The maximum absolute atomic E-state index is 13.7. The summed E-state index contributed by atoms with van der Waals surface area (Å²) < 4.78 is 18.2. The number of aromatic nitrogens is 1. The van der Waals surface area contributed by atoms with Crippen molar-refractivity contribution in [2.75, 3.05) is 0 Å². The van der Waals surface area contributed by atoms with Crippen molar-refractivity contribution in [3.63, 3.8) is 0 Å². The Bertz CT molecular complexity index is 1590. The van der Waals surface area contributed by atoms with E-state index < -0.39 is 5.97 Å². The van der Waals surface area contributed by atoms with Gasteiger partial charge in [-0.05, 0) is 66.4 Å². The molecule has 5 heteroatoms. The summed E-state index contributed by atoms with van der Waals surface area (Å²) >= 11 is 0. The third kappa shape index (κ3) is 7.20. The van der Waals surface area contributed by atoms with Crippen LogP contribution in [0.1, 0.15) is 51.8 Å². The second-order valence-corrected chi connectivity index (χ2v) is 9.80. The normalized spacial score (nSPS) is 10.7. The van der Waals surface area contributed by atoms with Crippen molar-refractivity contribution in [2.24, 2.45) is 0 Å². The van der Waals surface area contributed by atoms with Gasteiger partial charge < -0.3 is 14.2 Å². The minimum Gasteiger partial charge on any atom is -0.486 e. The highest BCUT2D eigenvalue weighted by atomic mass is 16.5. The van der Waals surface area contributed by atoms with Gasteiger partial charge in [-0.1, -0.05) is 92.2 Å². The fourth-order valence-electron chi connectivity index (χ4n) is 4.65. The highest BCUT2D eigenvalue weighted by molar-refractivity contribution is 5.96. The first-order chi connectivity index (χ1) is 20.1. The molecule has 0 aliphatic carbocycles. The molecule has 0 amide bonds. The van der Waals surface area contributed by atoms with E-state index in [0.29, 0.717) is 36.5 Å². The van der Waals surface area contributed by atoms with Crippen LogP contribution in [0.4, 0.5) is 0 Å². The lowest BCUT2D eigenvalue weighted by molar-refractivity contribution is 0.0728. The predicted molar refractivity (Wildman–Crippen MR) is 161 cm³/mol. The molecule has 5 nitrogen and oxygen atoms in total. The first-order valence-corrected chi connectivity index (χ1v) is 13.9. The number of ether oxygens (including phenoxy) is 3. The lowest BCUT2D eigenvalue weighted by Gasteiger charge is -2.20. The van der Waals surface area contributed by atoms with Crippen molar-refractivity contribution in [1.29, 1.82) is 0 Å². The third-order valence-corrected chi connectivity index (χ3v) is 6.69. The quantitative estimate of drug-likeness (QED) is 0.123. The Morgan fingerprint density at radius 3 is 2.00 bits per heavy atom. The van der Waals surface area contributed by atoms with Crippen molar-refractivity contribution in [3.8, 4) is 23.0 Å². The van der Waals surface area contributed by atoms with E-state index in [4.69, 9.17) is 19.2 Å². The number of benzene rings is 4. The molecule has 0 spiro atoms. The zero-order valence-corrected chi connectivity index (χ0v) is 23.4. The Kier molecular flexibility index (Phi) is 9.07. The van der Waals surface area contributed by atoms with Gasteiger partial charge >= 0.3 is 5.97 Å². The molecule has 5 rings (SSSR count). The first-order valence-electron chi connectivity index (χ1n) is 13.9. The highest BCUT2D eigenvalue weighted by Crippen LogP contribution is 2.33. The van der Waals surface area contributed by atoms with Crippen LogP contribution in [0.15, 0.2) is 115 Å². The second-order valence-electron chi connectivity index (χ2n) is 9.80. The molecule has 0 saturated carbocycles. The summed E-state index contributed by atoms with van der Waals surface area (Å²) in [5.74, 6) is 2.02. The number of hydrogen-bond acceptors (Lipinski definition) is 5. The molecule has 0 bridgehead atoms. The Morgan fingerprint density at radius 2 is 1.32 bits per heavy atom. The second kappa shape index (κ2) is 13.4. The number of pyridine rings is 1. The molecule has 1 heterocycles. The van der Waals surface area contributed by atoms with Crippen LogP contribution in [0.2, 0.25) is 0 Å². The molecule has 0 atom stereocenters. The van der Waals surface area contributed by atoms with Gasteiger partial charge in [-0.25, -0.2) is 4.79 Å². The van der Waals surface area contributed by atoms with Gasteiger partial charge in [0.2, 0.25) is 0 Å². The molecular weight excluding hydrogens is 510 g/mol. The summed E-state index contributed by atoms with van der Waals surface area (Å²) in [7, 11) is 0. The number of esters is 1. The number of rotatable bonds is 11. The van der Waals surface area contributed by atoms with E-state index in [2.05, 4.69) is 6.92 Å². The number of para-hydroxylation sites is 2. The summed E-state index contributed by atoms with van der Waals surface area (Å²) in [6.45, 7) is 4.33. The molecule has 0 fully saturated rings. The zero-order valence-electron chi connectivity index (χ0n) is 23.4. The number of nitrogens with zero attached hydrogens (tertiary/aromatic N) is 1. The van der Waals surface area contributed by atoms with Crippen LogP contribution in [0.3, 0.4) is 0 Å². The molecule has 0 N–H and O–H groups in total. The molecule has 0 radical (unpaired) electrons. The first kappa shape index (κ1) is 27.7. The van der Waals surface area contributed by atoms with Gasteiger partial charge in [-0.3, -0.25) is 4.98 Å². The fourth-order valence-corrected chi connectivity index (χ4v) is 4.65. The SMILES string of the molecule is CCCc1nc(Cc2cccc(Oc3ccccc3)c2)c(C)c(C(=O)Oc2ccccc2)c1OCc1ccccc1. The van der Waals surface area contributed by atoms with Gasteiger partial charge in [-0.15, -0.1) is 0 Å². The van der Waals surface area contributed by atoms with E-state index in [9.17, 15) is 4.79 Å². The Morgan fingerprint density at radius 1 is 0.707 bits per heavy atom. The van der Waals surface area contributed by atoms with Crippen LogP contribution < -0.4 is 14.2 Å². The molecule has 5 aromatic rings. The Hall–Kier alpha value is -4.90. The topological polar surface area (TPSA) is 57.7 Å². The van der Waals surface area contributed by atoms with E-state index in [-0.39, 0.29) is 0 Å². The lowest BCUT2D eigenvalue weighted by atomic mass is 9.98. The van der Waals surface area contributed by atoms with Gasteiger partial charge in [0.15, 0.2) is 5.75 Å². The van der Waals surface area contributed by atoms with Gasteiger partial charge in [0.05, 0.1) is 5.69 Å². The summed E-state index contributed by atoms with van der Waals surface area (Å²) in [4.78, 5) is 18.8. The molecule has 4 aromatic carbocycles. The average Bonchev–Trinajstić information content (AvgIpc) is 2.99. The number of aryl methyl sites for hydroxylation is 1. The monoisotopic (exact) mass is 543 g/mol. The molecule has 0 aliphatic rings. The summed E-state index contributed by atoms with van der Waals surface area (Å²) in [5.41, 5.74) is 4.74. The maximum Gasteiger partial charge on any atom is 0.347 e.